The quantitative estimate of drug-likeness (QED) is 0.0389. The maximum atomic E-state index is 14.8. The molecule has 0 aliphatic carbocycles. The lowest BCUT2D eigenvalue weighted by atomic mass is 10.1. The predicted molar refractivity (Wildman–Crippen MR) is 206 cm³/mol. The minimum Gasteiger partial charge on any atom is -0.487 e. The highest BCUT2D eigenvalue weighted by atomic mass is 19.2. The monoisotopic (exact) mass is 790 g/mol. The second-order valence-corrected chi connectivity index (χ2v) is 14.1. The van der Waals surface area contributed by atoms with Crippen molar-refractivity contribution >= 4 is 0 Å². The van der Waals surface area contributed by atoms with Crippen molar-refractivity contribution in [3.05, 3.63) is 93.1 Å². The molecule has 0 amide bonds. The van der Waals surface area contributed by atoms with Gasteiger partial charge in [-0.15, -0.1) is 0 Å². The highest BCUT2D eigenvalue weighted by Crippen LogP contribution is 2.31. The van der Waals surface area contributed by atoms with Crippen LogP contribution in [0, 0.1) is 70.2 Å². The van der Waals surface area contributed by atoms with Crippen molar-refractivity contribution in [1.82, 2.24) is 0 Å². The van der Waals surface area contributed by atoms with E-state index in [1.807, 2.05) is 0 Å². The minimum atomic E-state index is -1.70. The standard InChI is InChI=1S/C46H54F8O2/c1-3-5-7-9-11-13-15-17-19-21-31-55-45-41(51)37(47)35(38(48)42(45)52)29-27-33-23-25-34(26-24-33)28-30-36-39(49)43(53)46(44(54)40(36)50)56-32-22-20-18-16-14-12-10-8-6-4-2/h23-26H,3-22,31-32H2,1-2H3. The largest absolute Gasteiger partial charge is 0.487 e. The van der Waals surface area contributed by atoms with E-state index in [0.29, 0.717) is 12.8 Å². The third-order valence-corrected chi connectivity index (χ3v) is 9.48. The van der Waals surface area contributed by atoms with E-state index in [0.717, 1.165) is 51.4 Å². The van der Waals surface area contributed by atoms with E-state index in [-0.39, 0.29) is 24.3 Å². The molecule has 0 saturated carbocycles. The lowest BCUT2D eigenvalue weighted by molar-refractivity contribution is 0.263. The van der Waals surface area contributed by atoms with Crippen LogP contribution in [0.2, 0.25) is 0 Å². The third-order valence-electron chi connectivity index (χ3n) is 9.48. The number of unbranched alkanes of at least 4 members (excludes halogenated alkanes) is 18. The van der Waals surface area contributed by atoms with Crippen LogP contribution in [-0.4, -0.2) is 13.2 Å². The average molecular weight is 791 g/mol. The second kappa shape index (κ2) is 25.9. The number of ether oxygens (including phenoxy) is 2. The summed E-state index contributed by atoms with van der Waals surface area (Å²) in [6, 6.07) is 5.29. The molecule has 0 spiro atoms. The van der Waals surface area contributed by atoms with Crippen molar-refractivity contribution in [2.45, 2.75) is 142 Å². The first-order valence-corrected chi connectivity index (χ1v) is 20.2. The average Bonchev–Trinajstić information content (AvgIpc) is 3.20. The van der Waals surface area contributed by atoms with Crippen LogP contribution in [0.5, 0.6) is 11.5 Å². The van der Waals surface area contributed by atoms with Gasteiger partial charge >= 0.3 is 0 Å². The lowest BCUT2D eigenvalue weighted by Crippen LogP contribution is -2.08. The van der Waals surface area contributed by atoms with Crippen LogP contribution >= 0.6 is 0 Å². The smallest absolute Gasteiger partial charge is 0.205 e. The molecule has 0 radical (unpaired) electrons. The zero-order valence-corrected chi connectivity index (χ0v) is 32.7. The van der Waals surface area contributed by atoms with Crippen LogP contribution in [0.15, 0.2) is 24.3 Å². The normalized spacial score (nSPS) is 10.9. The molecule has 0 N–H and O–H groups in total. The third kappa shape index (κ3) is 14.7. The summed E-state index contributed by atoms with van der Waals surface area (Å²) in [7, 11) is 0. The number of halogens is 8. The van der Waals surface area contributed by atoms with Crippen molar-refractivity contribution in [2.24, 2.45) is 0 Å². The molecule has 3 aromatic rings. The minimum absolute atomic E-state index is 0.105. The zero-order valence-electron chi connectivity index (χ0n) is 32.7. The molecule has 2 nitrogen and oxygen atoms in total. The van der Waals surface area contributed by atoms with Crippen molar-refractivity contribution in [3.8, 4) is 35.2 Å². The Morgan fingerprint density at radius 2 is 0.589 bits per heavy atom. The van der Waals surface area contributed by atoms with Gasteiger partial charge in [0, 0.05) is 11.1 Å². The fourth-order valence-corrected chi connectivity index (χ4v) is 6.13. The molecule has 10 heteroatoms. The summed E-state index contributed by atoms with van der Waals surface area (Å²) in [6.07, 6.45) is 20.7. The molecule has 0 saturated heterocycles. The maximum Gasteiger partial charge on any atom is 0.205 e. The van der Waals surface area contributed by atoms with E-state index in [4.69, 9.17) is 9.47 Å². The van der Waals surface area contributed by atoms with E-state index in [1.54, 1.807) is 0 Å². The molecule has 0 heterocycles. The van der Waals surface area contributed by atoms with E-state index >= 15 is 0 Å². The second-order valence-electron chi connectivity index (χ2n) is 14.1. The molecule has 3 rings (SSSR count). The Morgan fingerprint density at radius 1 is 0.339 bits per heavy atom. The Morgan fingerprint density at radius 3 is 0.857 bits per heavy atom. The topological polar surface area (TPSA) is 18.5 Å². The number of hydrogen-bond donors (Lipinski definition) is 0. The zero-order chi connectivity index (χ0) is 40.7. The van der Waals surface area contributed by atoms with Gasteiger partial charge in [0.2, 0.25) is 23.3 Å². The molecule has 0 fully saturated rings. The van der Waals surface area contributed by atoms with Crippen molar-refractivity contribution in [2.75, 3.05) is 13.2 Å². The highest BCUT2D eigenvalue weighted by Gasteiger charge is 2.27. The molecule has 0 aromatic heterocycles. The van der Waals surface area contributed by atoms with Crippen molar-refractivity contribution < 1.29 is 44.6 Å². The van der Waals surface area contributed by atoms with Crippen molar-refractivity contribution in [3.63, 3.8) is 0 Å². The molecule has 0 atom stereocenters. The Labute approximate surface area is 327 Å². The molecule has 0 aliphatic heterocycles. The van der Waals surface area contributed by atoms with Gasteiger partial charge in [-0.25, -0.2) is 17.6 Å². The molecule has 306 valence electrons. The fourth-order valence-electron chi connectivity index (χ4n) is 6.13. The van der Waals surface area contributed by atoms with Gasteiger partial charge in [-0.1, -0.05) is 153 Å². The molecule has 0 aliphatic rings. The van der Waals surface area contributed by atoms with Crippen LogP contribution in [0.25, 0.3) is 0 Å². The van der Waals surface area contributed by atoms with E-state index in [9.17, 15) is 35.1 Å². The van der Waals surface area contributed by atoms with E-state index in [2.05, 4.69) is 37.5 Å². The summed E-state index contributed by atoms with van der Waals surface area (Å²) in [5.41, 5.74) is -1.95. The van der Waals surface area contributed by atoms with Crippen molar-refractivity contribution in [1.29, 1.82) is 0 Å². The SMILES string of the molecule is CCCCCCCCCCCCOc1c(F)c(F)c(C#Cc2ccc(C#Cc3c(F)c(F)c(OCCCCCCCCCCCC)c(F)c3F)cc2)c(F)c1F. The van der Waals surface area contributed by atoms with Crippen LogP contribution in [0.4, 0.5) is 35.1 Å². The molecule has 0 bridgehead atoms. The van der Waals surface area contributed by atoms with Crippen LogP contribution in [0.3, 0.4) is 0 Å². The summed E-state index contributed by atoms with van der Waals surface area (Å²) in [6.45, 7) is 4.12. The van der Waals surface area contributed by atoms with Gasteiger partial charge in [-0.3, -0.25) is 0 Å². The van der Waals surface area contributed by atoms with E-state index < -0.39 is 69.2 Å². The Kier molecular flexibility index (Phi) is 21.3. The summed E-state index contributed by atoms with van der Waals surface area (Å²) in [5.74, 6) is -6.81. The Bertz CT molecular complexity index is 1590. The first-order chi connectivity index (χ1) is 27.1. The molecule has 56 heavy (non-hydrogen) atoms. The van der Waals surface area contributed by atoms with Crippen LogP contribution < -0.4 is 9.47 Å². The van der Waals surface area contributed by atoms with Gasteiger partial charge in [-0.05, 0) is 37.1 Å². The predicted octanol–water partition coefficient (Wildman–Crippen LogP) is 14.2. The summed E-state index contributed by atoms with van der Waals surface area (Å²) in [4.78, 5) is 0. The van der Waals surface area contributed by atoms with E-state index in [1.165, 1.54) is 88.5 Å². The van der Waals surface area contributed by atoms with Gasteiger partial charge in [0.1, 0.15) is 11.1 Å². The number of hydrogen-bond acceptors (Lipinski definition) is 2. The molecular formula is C46H54F8O2. The number of rotatable bonds is 24. The summed E-state index contributed by atoms with van der Waals surface area (Å²) >= 11 is 0. The first-order valence-electron chi connectivity index (χ1n) is 20.2. The van der Waals surface area contributed by atoms with Gasteiger partial charge in [0.05, 0.1) is 13.2 Å². The lowest BCUT2D eigenvalue weighted by Gasteiger charge is -2.11. The molecule has 3 aromatic carbocycles. The summed E-state index contributed by atoms with van der Waals surface area (Å²) in [5, 5.41) is 0. The van der Waals surface area contributed by atoms with Gasteiger partial charge < -0.3 is 9.47 Å². The number of benzene rings is 3. The van der Waals surface area contributed by atoms with Crippen LogP contribution in [-0.2, 0) is 0 Å². The Hall–Kier alpha value is -4.18. The first kappa shape index (κ1) is 46.2. The van der Waals surface area contributed by atoms with Gasteiger partial charge in [-0.2, -0.15) is 17.6 Å². The fraction of sp³-hybridized carbons (Fsp3) is 0.522. The summed E-state index contributed by atoms with van der Waals surface area (Å²) < 4.78 is 128. The van der Waals surface area contributed by atoms with Crippen LogP contribution in [0.1, 0.15) is 165 Å². The highest BCUT2D eigenvalue weighted by molar-refractivity contribution is 5.51. The van der Waals surface area contributed by atoms with Gasteiger partial charge in [0.25, 0.3) is 0 Å². The Balaban J connectivity index is 1.55. The maximum absolute atomic E-state index is 14.8. The molecule has 0 unspecified atom stereocenters. The van der Waals surface area contributed by atoms with Gasteiger partial charge in [0.15, 0.2) is 34.8 Å². The molecular weight excluding hydrogens is 736 g/mol.